The number of piperidine rings is 2. The molecule has 0 saturated carbocycles. The molecule has 3 aliphatic rings. The first kappa shape index (κ1) is 34.0. The van der Waals surface area contributed by atoms with Crippen LogP contribution in [0, 0.1) is 0 Å². The number of anilines is 1. The lowest BCUT2D eigenvalue weighted by atomic mass is 10.0. The second-order valence-corrected chi connectivity index (χ2v) is 13.7. The molecule has 4 heterocycles. The van der Waals surface area contributed by atoms with Gasteiger partial charge in [0.25, 0.3) is 5.91 Å². The number of amides is 2. The number of hydrogen-bond donors (Lipinski definition) is 2. The van der Waals surface area contributed by atoms with Gasteiger partial charge in [-0.2, -0.15) is 0 Å². The summed E-state index contributed by atoms with van der Waals surface area (Å²) in [4.78, 5) is 51.6. The molecular weight excluding hydrogens is 632 g/mol. The van der Waals surface area contributed by atoms with Gasteiger partial charge in [0.05, 0.1) is 16.8 Å². The van der Waals surface area contributed by atoms with Gasteiger partial charge in [-0.25, -0.2) is 14.3 Å². The number of nitrogens with one attached hydrogen (secondary N) is 1. The van der Waals surface area contributed by atoms with Crippen molar-refractivity contribution >= 4 is 29.3 Å². The van der Waals surface area contributed by atoms with Gasteiger partial charge in [-0.1, -0.05) is 54.9 Å². The van der Waals surface area contributed by atoms with Crippen LogP contribution in [0.5, 0.6) is 0 Å². The van der Waals surface area contributed by atoms with E-state index in [1.807, 2.05) is 48.2 Å². The van der Waals surface area contributed by atoms with Gasteiger partial charge in [0.2, 0.25) is 0 Å². The molecule has 12 nitrogen and oxygen atoms in total. The number of carbonyl (C=O) groups is 2. The average molecular weight is 679 g/mol. The number of nitrogen functional groups attached to an aromatic ring is 1. The Kier molecular flexibility index (Phi) is 10.7. The Labute approximate surface area is 286 Å². The maximum Gasteiger partial charge on any atom is 0.410 e. The van der Waals surface area contributed by atoms with Crippen LogP contribution in [0.4, 0.5) is 10.5 Å². The molecule has 3 aromatic rings. The quantitative estimate of drug-likeness (QED) is 0.345. The maximum absolute atomic E-state index is 14.0. The number of ether oxygens (including phenoxy) is 1. The number of likely N-dealkylation sites (tertiary alicyclic amines) is 2. The molecule has 3 fully saturated rings. The summed E-state index contributed by atoms with van der Waals surface area (Å²) in [6.07, 6.45) is 2.72. The van der Waals surface area contributed by atoms with E-state index in [0.29, 0.717) is 68.0 Å². The number of benzene rings is 2. The summed E-state index contributed by atoms with van der Waals surface area (Å²) >= 11 is 6.47. The first-order chi connectivity index (χ1) is 23.2. The lowest BCUT2D eigenvalue weighted by molar-refractivity contribution is -0.143. The third kappa shape index (κ3) is 7.71. The van der Waals surface area contributed by atoms with Crippen LogP contribution in [0.25, 0.3) is 11.4 Å². The molecule has 3 aliphatic heterocycles. The largest absolute Gasteiger partial charge is 0.436 e. The number of nitrogens with zero attached hydrogens (tertiary/aromatic N) is 6. The topological polar surface area (TPSA) is 133 Å². The van der Waals surface area contributed by atoms with Crippen LogP contribution in [0.1, 0.15) is 49.8 Å². The number of aromatic amines is 1. The minimum Gasteiger partial charge on any atom is -0.436 e. The maximum atomic E-state index is 14.0. The van der Waals surface area contributed by atoms with Gasteiger partial charge >= 0.3 is 11.8 Å². The zero-order chi connectivity index (χ0) is 33.8. The smallest absolute Gasteiger partial charge is 0.410 e. The Balaban J connectivity index is 1.11. The number of piperazine rings is 1. The minimum atomic E-state index is -1.00. The summed E-state index contributed by atoms with van der Waals surface area (Å²) in [6.45, 7) is 7.75. The second-order valence-electron chi connectivity index (χ2n) is 13.3. The van der Waals surface area contributed by atoms with E-state index in [1.165, 1.54) is 4.68 Å². The number of rotatable bonds is 8. The number of aromatic nitrogens is 3. The van der Waals surface area contributed by atoms with E-state index in [2.05, 4.69) is 26.9 Å². The standard InChI is InChI=1S/C35H47ClN8O4/c1-3-25-21-24(22-29(36)31(25)37)23-30(33(45)42-19-17-41(18-20-42)27-9-13-40(2)14-10-27)48-35(47)43-15-11-28(12-16-43)44-34(46)38-32(39-44)26-7-5-4-6-8-26/h4-8,21-22,27-28,30H,3,9-20,23,37H2,1-2H3,(H,38,39,46)/t30-/m1/s1. The number of H-pyrrole nitrogens is 1. The summed E-state index contributed by atoms with van der Waals surface area (Å²) in [5, 5.41) is 4.98. The molecule has 0 aliphatic carbocycles. The summed E-state index contributed by atoms with van der Waals surface area (Å²) in [5.74, 6) is 0.328. The van der Waals surface area contributed by atoms with Crippen molar-refractivity contribution < 1.29 is 14.3 Å². The minimum absolute atomic E-state index is 0.155. The molecule has 1 atom stereocenters. The highest BCUT2D eigenvalue weighted by molar-refractivity contribution is 6.33. The third-order valence-electron chi connectivity index (χ3n) is 10.2. The Morgan fingerprint density at radius 2 is 1.62 bits per heavy atom. The fourth-order valence-electron chi connectivity index (χ4n) is 7.21. The van der Waals surface area contributed by atoms with Crippen molar-refractivity contribution in [1.29, 1.82) is 0 Å². The molecule has 258 valence electrons. The first-order valence-corrected chi connectivity index (χ1v) is 17.6. The molecule has 3 saturated heterocycles. The van der Waals surface area contributed by atoms with Crippen LogP contribution in [-0.4, -0.2) is 118 Å². The van der Waals surface area contributed by atoms with Gasteiger partial charge in [0, 0.05) is 57.3 Å². The van der Waals surface area contributed by atoms with Gasteiger partial charge in [0.1, 0.15) is 0 Å². The van der Waals surface area contributed by atoms with E-state index >= 15 is 0 Å². The Morgan fingerprint density at radius 1 is 0.958 bits per heavy atom. The number of carbonyl (C=O) groups excluding carboxylic acids is 2. The van der Waals surface area contributed by atoms with Crippen LogP contribution in [0.15, 0.2) is 47.3 Å². The van der Waals surface area contributed by atoms with E-state index in [-0.39, 0.29) is 24.1 Å². The van der Waals surface area contributed by atoms with Gasteiger partial charge in [0.15, 0.2) is 11.9 Å². The molecule has 3 N–H and O–H groups in total. The fourth-order valence-corrected chi connectivity index (χ4v) is 7.47. The normalized spacial score (nSPS) is 19.4. The molecule has 0 radical (unpaired) electrons. The number of halogens is 1. The average Bonchev–Trinajstić information content (AvgIpc) is 3.51. The fraction of sp³-hybridized carbons (Fsp3) is 0.543. The van der Waals surface area contributed by atoms with Crippen molar-refractivity contribution in [2.24, 2.45) is 0 Å². The van der Waals surface area contributed by atoms with Crippen molar-refractivity contribution in [3.8, 4) is 11.4 Å². The SMILES string of the molecule is CCc1cc(C[C@@H](OC(=O)N2CCC(n3nc(-c4ccccc4)[nH]c3=O)CC2)C(=O)N2CCN(C3CCN(C)CC3)CC2)cc(Cl)c1N. The Bertz CT molecular complexity index is 1620. The molecule has 13 heteroatoms. The van der Waals surface area contributed by atoms with Crippen LogP contribution in [0.2, 0.25) is 5.02 Å². The summed E-state index contributed by atoms with van der Waals surface area (Å²) in [7, 11) is 2.16. The number of hydrogen-bond acceptors (Lipinski definition) is 8. The third-order valence-corrected chi connectivity index (χ3v) is 10.5. The van der Waals surface area contributed by atoms with E-state index in [1.54, 1.807) is 11.0 Å². The van der Waals surface area contributed by atoms with E-state index in [9.17, 15) is 14.4 Å². The lowest BCUT2D eigenvalue weighted by Gasteiger charge is -2.42. The predicted molar refractivity (Wildman–Crippen MR) is 186 cm³/mol. The number of aryl methyl sites for hydroxylation is 1. The van der Waals surface area contributed by atoms with Crippen molar-refractivity contribution in [1.82, 2.24) is 34.4 Å². The summed E-state index contributed by atoms with van der Waals surface area (Å²) in [6, 6.07) is 13.6. The highest BCUT2D eigenvalue weighted by Gasteiger charge is 2.35. The monoisotopic (exact) mass is 678 g/mol. The Hall–Kier alpha value is -3.87. The zero-order valence-corrected chi connectivity index (χ0v) is 28.7. The summed E-state index contributed by atoms with van der Waals surface area (Å²) in [5.41, 5.74) is 8.98. The highest BCUT2D eigenvalue weighted by atomic mass is 35.5. The van der Waals surface area contributed by atoms with Crippen LogP contribution >= 0.6 is 11.6 Å². The zero-order valence-electron chi connectivity index (χ0n) is 27.9. The lowest BCUT2D eigenvalue weighted by Crippen LogP contribution is -2.56. The highest BCUT2D eigenvalue weighted by Crippen LogP contribution is 2.28. The molecule has 0 bridgehead atoms. The predicted octanol–water partition coefficient (Wildman–Crippen LogP) is 3.66. The van der Waals surface area contributed by atoms with E-state index in [4.69, 9.17) is 22.1 Å². The molecule has 2 aromatic carbocycles. The van der Waals surface area contributed by atoms with Gasteiger partial charge < -0.3 is 25.2 Å². The van der Waals surface area contributed by atoms with Crippen molar-refractivity contribution in [3.05, 3.63) is 69.1 Å². The summed E-state index contributed by atoms with van der Waals surface area (Å²) < 4.78 is 7.53. The molecule has 2 amide bonds. The molecule has 6 rings (SSSR count). The molecule has 48 heavy (non-hydrogen) atoms. The molecular formula is C35H47ClN8O4. The second kappa shape index (κ2) is 15.1. The van der Waals surface area contributed by atoms with Gasteiger partial charge in [-0.3, -0.25) is 14.7 Å². The Morgan fingerprint density at radius 3 is 2.29 bits per heavy atom. The number of nitrogens with two attached hydrogens (primary N) is 1. The van der Waals surface area contributed by atoms with Crippen molar-refractivity contribution in [2.75, 3.05) is 65.1 Å². The molecule has 0 unspecified atom stereocenters. The van der Waals surface area contributed by atoms with Crippen LogP contribution in [0.3, 0.4) is 0 Å². The van der Waals surface area contributed by atoms with E-state index < -0.39 is 12.2 Å². The molecule has 0 spiro atoms. The van der Waals surface area contributed by atoms with Crippen LogP contribution in [-0.2, 0) is 22.4 Å². The molecule has 1 aromatic heterocycles. The van der Waals surface area contributed by atoms with Gasteiger partial charge in [-0.15, -0.1) is 5.10 Å². The van der Waals surface area contributed by atoms with Crippen molar-refractivity contribution in [3.63, 3.8) is 0 Å². The van der Waals surface area contributed by atoms with Crippen molar-refractivity contribution in [2.45, 2.75) is 63.6 Å². The van der Waals surface area contributed by atoms with E-state index in [0.717, 1.165) is 55.7 Å². The first-order valence-electron chi connectivity index (χ1n) is 17.2. The van der Waals surface area contributed by atoms with Gasteiger partial charge in [-0.05, 0) is 69.4 Å². The van der Waals surface area contributed by atoms with Crippen LogP contribution < -0.4 is 11.4 Å².